The van der Waals surface area contributed by atoms with Crippen molar-refractivity contribution >= 4 is 47.7 Å². The molecule has 0 bridgehead atoms. The third-order valence-corrected chi connectivity index (χ3v) is 6.11. The van der Waals surface area contributed by atoms with Crippen molar-refractivity contribution < 1.29 is 26.7 Å². The lowest BCUT2D eigenvalue weighted by Crippen LogP contribution is -2.18. The summed E-state index contributed by atoms with van der Waals surface area (Å²) < 4.78 is 57.2. The van der Waals surface area contributed by atoms with Crippen LogP contribution in [0.3, 0.4) is 0 Å². The Balaban J connectivity index is 2.42. The molecule has 0 amide bonds. The molecular weight excluding hydrogens is 508 g/mol. The summed E-state index contributed by atoms with van der Waals surface area (Å²) in [6.45, 7) is 2.94. The maximum Gasteiger partial charge on any atom is 0.255 e. The van der Waals surface area contributed by atoms with E-state index in [1.54, 1.807) is 18.2 Å². The van der Waals surface area contributed by atoms with Crippen LogP contribution in [0.15, 0.2) is 51.2 Å². The average molecular weight is 529 g/mol. The molecule has 0 saturated heterocycles. The number of hydrogen-bond donors (Lipinski definition) is 3. The Kier molecular flexibility index (Phi) is 7.57. The lowest BCUT2D eigenvalue weighted by molar-refractivity contribution is 0.143. The summed E-state index contributed by atoms with van der Waals surface area (Å²) in [5, 5.41) is 15.8. The van der Waals surface area contributed by atoms with Crippen molar-refractivity contribution in [2.75, 3.05) is 11.8 Å². The molecule has 0 unspecified atom stereocenters. The van der Waals surface area contributed by atoms with Gasteiger partial charge in [-0.3, -0.25) is 4.72 Å². The molecule has 8 nitrogen and oxygen atoms in total. The van der Waals surface area contributed by atoms with Crippen molar-refractivity contribution in [2.45, 2.75) is 24.3 Å². The summed E-state index contributed by atoms with van der Waals surface area (Å²) in [5.74, 6) is 5.62. The van der Waals surface area contributed by atoms with E-state index in [1.165, 1.54) is 39.2 Å². The molecule has 0 fully saturated rings. The molecule has 2 rings (SSSR count). The fourth-order valence-corrected chi connectivity index (χ4v) is 4.37. The number of ether oxygens (including phenoxy) is 1. The van der Waals surface area contributed by atoms with Gasteiger partial charge in [0.2, 0.25) is 10.0 Å². The number of sulfonamides is 2. The second-order valence-electron chi connectivity index (χ2n) is 6.90. The molecular formula is C20H21BrN2O6S2. The van der Waals surface area contributed by atoms with Crippen LogP contribution in [-0.4, -0.2) is 34.7 Å². The SMILES string of the molecule is COc1ccc(Br)cc1/C=C/S(=O)(=O)Nc1ccc(C#CC(C)(C)O)cc1S(N)(=O)=O. The Morgan fingerprint density at radius 1 is 1.16 bits per heavy atom. The highest BCUT2D eigenvalue weighted by molar-refractivity contribution is 9.10. The summed E-state index contributed by atoms with van der Waals surface area (Å²) in [6, 6.07) is 8.84. The number of benzene rings is 2. The Labute approximate surface area is 190 Å². The highest BCUT2D eigenvalue weighted by Crippen LogP contribution is 2.26. The van der Waals surface area contributed by atoms with Crippen molar-refractivity contribution in [2.24, 2.45) is 5.14 Å². The largest absolute Gasteiger partial charge is 0.496 e. The van der Waals surface area contributed by atoms with E-state index in [0.717, 1.165) is 15.9 Å². The Hall–Kier alpha value is -2.36. The van der Waals surface area contributed by atoms with E-state index in [0.29, 0.717) is 11.3 Å². The monoisotopic (exact) mass is 528 g/mol. The number of hydrogen-bond acceptors (Lipinski definition) is 6. The van der Waals surface area contributed by atoms with Gasteiger partial charge in [0.15, 0.2) is 0 Å². The molecule has 0 aromatic heterocycles. The third kappa shape index (κ3) is 7.68. The zero-order valence-corrected chi connectivity index (χ0v) is 20.1. The second-order valence-corrected chi connectivity index (χ2v) is 10.9. The van der Waals surface area contributed by atoms with E-state index in [-0.39, 0.29) is 11.3 Å². The van der Waals surface area contributed by atoms with Gasteiger partial charge < -0.3 is 9.84 Å². The minimum atomic E-state index is -4.27. The smallest absolute Gasteiger partial charge is 0.255 e. The molecule has 0 aliphatic rings. The fourth-order valence-electron chi connectivity index (χ4n) is 2.33. The molecule has 0 saturated carbocycles. The Morgan fingerprint density at radius 2 is 1.84 bits per heavy atom. The zero-order chi connectivity index (χ0) is 23.4. The standard InChI is InChI=1S/C20H21BrN2O6S2/c1-20(2,24)10-8-14-4-6-17(19(12-14)31(22,27)28)23-30(25,26)11-9-15-13-16(21)5-7-18(15)29-3/h4-7,9,11-13,23-24H,1-3H3,(H2,22,27,28)/b11-9+. The quantitative estimate of drug-likeness (QED) is 0.493. The van der Waals surface area contributed by atoms with Gasteiger partial charge in [0.1, 0.15) is 16.2 Å². The molecule has 31 heavy (non-hydrogen) atoms. The van der Waals surface area contributed by atoms with E-state index in [9.17, 15) is 21.9 Å². The molecule has 0 spiro atoms. The molecule has 0 radical (unpaired) electrons. The minimum absolute atomic E-state index is 0.234. The summed E-state index contributed by atoms with van der Waals surface area (Å²) in [6.07, 6.45) is 1.31. The Bertz CT molecular complexity index is 1290. The molecule has 2 aromatic rings. The maximum atomic E-state index is 12.5. The molecule has 11 heteroatoms. The first kappa shape index (κ1) is 24.9. The lowest BCUT2D eigenvalue weighted by atomic mass is 10.1. The molecule has 0 atom stereocenters. The first-order valence-corrected chi connectivity index (χ1v) is 12.6. The summed E-state index contributed by atoms with van der Waals surface area (Å²) >= 11 is 3.30. The van der Waals surface area contributed by atoms with Gasteiger partial charge in [-0.1, -0.05) is 27.8 Å². The number of halogens is 1. The van der Waals surface area contributed by atoms with Crippen LogP contribution >= 0.6 is 15.9 Å². The topological polar surface area (TPSA) is 136 Å². The number of anilines is 1. The number of methoxy groups -OCH3 is 1. The average Bonchev–Trinajstić information content (AvgIpc) is 2.64. The van der Waals surface area contributed by atoms with Crippen LogP contribution < -0.4 is 14.6 Å². The predicted molar refractivity (Wildman–Crippen MR) is 123 cm³/mol. The van der Waals surface area contributed by atoms with Gasteiger partial charge in [0, 0.05) is 15.6 Å². The second kappa shape index (κ2) is 9.42. The molecule has 0 heterocycles. The van der Waals surface area contributed by atoms with Gasteiger partial charge >= 0.3 is 0 Å². The van der Waals surface area contributed by atoms with Crippen LogP contribution in [-0.2, 0) is 20.0 Å². The summed E-state index contributed by atoms with van der Waals surface area (Å²) in [4.78, 5) is -0.452. The molecule has 0 aliphatic heterocycles. The van der Waals surface area contributed by atoms with Crippen LogP contribution in [0.2, 0.25) is 0 Å². The molecule has 166 valence electrons. The number of nitrogens with two attached hydrogens (primary N) is 1. The van der Waals surface area contributed by atoms with Gasteiger partial charge in [-0.2, -0.15) is 0 Å². The van der Waals surface area contributed by atoms with Gasteiger partial charge in [0.05, 0.1) is 18.2 Å². The van der Waals surface area contributed by atoms with E-state index in [2.05, 4.69) is 32.5 Å². The van der Waals surface area contributed by atoms with Crippen molar-refractivity contribution in [3.8, 4) is 17.6 Å². The van der Waals surface area contributed by atoms with Crippen molar-refractivity contribution in [1.29, 1.82) is 0 Å². The van der Waals surface area contributed by atoms with Crippen molar-refractivity contribution in [3.05, 3.63) is 57.4 Å². The van der Waals surface area contributed by atoms with Gasteiger partial charge in [-0.25, -0.2) is 22.0 Å². The number of rotatable bonds is 6. The van der Waals surface area contributed by atoms with Crippen LogP contribution in [0.5, 0.6) is 5.75 Å². The summed E-state index contributed by atoms with van der Waals surface area (Å²) in [7, 11) is -6.92. The van der Waals surface area contributed by atoms with Gasteiger partial charge in [-0.15, -0.1) is 0 Å². The first-order valence-electron chi connectivity index (χ1n) is 8.67. The number of nitrogens with one attached hydrogen (secondary N) is 1. The normalized spacial score (nSPS) is 12.3. The van der Waals surface area contributed by atoms with Crippen molar-refractivity contribution in [1.82, 2.24) is 0 Å². The van der Waals surface area contributed by atoms with Crippen LogP contribution in [0.25, 0.3) is 6.08 Å². The number of aliphatic hydroxyl groups is 1. The molecule has 4 N–H and O–H groups in total. The van der Waals surface area contributed by atoms with Crippen LogP contribution in [0.1, 0.15) is 25.0 Å². The van der Waals surface area contributed by atoms with Gasteiger partial charge in [-0.05, 0) is 56.3 Å². The molecule has 2 aromatic carbocycles. The predicted octanol–water partition coefficient (Wildman–Crippen LogP) is 2.64. The minimum Gasteiger partial charge on any atom is -0.496 e. The van der Waals surface area contributed by atoms with Crippen LogP contribution in [0, 0.1) is 11.8 Å². The Morgan fingerprint density at radius 3 is 2.42 bits per heavy atom. The highest BCUT2D eigenvalue weighted by Gasteiger charge is 2.18. The third-order valence-electron chi connectivity index (χ3n) is 3.67. The highest BCUT2D eigenvalue weighted by atomic mass is 79.9. The first-order chi connectivity index (χ1) is 14.2. The lowest BCUT2D eigenvalue weighted by Gasteiger charge is -2.11. The number of primary sulfonamides is 1. The summed E-state index contributed by atoms with van der Waals surface area (Å²) in [5.41, 5.74) is -0.794. The van der Waals surface area contributed by atoms with E-state index >= 15 is 0 Å². The van der Waals surface area contributed by atoms with Crippen molar-refractivity contribution in [3.63, 3.8) is 0 Å². The van der Waals surface area contributed by atoms with E-state index < -0.39 is 30.5 Å². The fraction of sp³-hybridized carbons (Fsp3) is 0.200. The molecule has 0 aliphatic carbocycles. The zero-order valence-electron chi connectivity index (χ0n) is 16.9. The van der Waals surface area contributed by atoms with Crippen LogP contribution in [0.4, 0.5) is 5.69 Å². The maximum absolute atomic E-state index is 12.5. The van der Waals surface area contributed by atoms with E-state index in [1.807, 2.05) is 0 Å². The van der Waals surface area contributed by atoms with E-state index in [4.69, 9.17) is 9.88 Å². The van der Waals surface area contributed by atoms with Gasteiger partial charge in [0.25, 0.3) is 10.0 Å².